The predicted molar refractivity (Wildman–Crippen MR) is 45.4 cm³/mol. The number of hydrogen-bond donors (Lipinski definition) is 7. The zero-order valence-corrected chi connectivity index (χ0v) is 8.31. The van der Waals surface area contributed by atoms with Crippen LogP contribution in [0.2, 0.25) is 0 Å². The molecule has 92 valence electrons. The second kappa shape index (κ2) is 7.85. The molecule has 0 spiro atoms. The van der Waals surface area contributed by atoms with Crippen LogP contribution >= 0.6 is 7.82 Å². The van der Waals surface area contributed by atoms with Crippen molar-refractivity contribution in [3.8, 4) is 0 Å². The Kier molecular flexibility index (Phi) is 8.92. The highest BCUT2D eigenvalue weighted by Crippen LogP contribution is 2.25. The van der Waals surface area contributed by atoms with E-state index >= 15 is 0 Å². The minimum Gasteiger partial charge on any atom is -0.394 e. The molecule has 10 heteroatoms. The number of aldehydes is 1. The van der Waals surface area contributed by atoms with Crippen molar-refractivity contribution < 1.29 is 44.5 Å². The number of aliphatic hydroxyl groups excluding tert-OH is 4. The third-order valence-electron chi connectivity index (χ3n) is 1.07. The van der Waals surface area contributed by atoms with Crippen molar-refractivity contribution in [2.75, 3.05) is 6.61 Å². The van der Waals surface area contributed by atoms with Gasteiger partial charge in [0.2, 0.25) is 0 Å². The van der Waals surface area contributed by atoms with E-state index in [2.05, 4.69) is 0 Å². The molecule has 0 aliphatic rings. The average Bonchev–Trinajstić information content (AvgIpc) is 2.11. The lowest BCUT2D eigenvalue weighted by Crippen LogP contribution is -2.40. The van der Waals surface area contributed by atoms with E-state index < -0.39 is 32.7 Å². The molecule has 0 aromatic rings. The highest BCUT2D eigenvalue weighted by Gasteiger charge is 2.22. The Balaban J connectivity index is 0. The average molecular weight is 248 g/mol. The monoisotopic (exact) mass is 248 g/mol. The fourth-order valence-electron chi connectivity index (χ4n) is 0.416. The Morgan fingerprint density at radius 1 is 1.13 bits per heavy atom. The normalized spacial score (nSPS) is 17.0. The van der Waals surface area contributed by atoms with Crippen molar-refractivity contribution in [2.24, 2.45) is 0 Å². The van der Waals surface area contributed by atoms with Gasteiger partial charge in [0.25, 0.3) is 0 Å². The molecule has 15 heavy (non-hydrogen) atoms. The van der Waals surface area contributed by atoms with Crippen LogP contribution in [0.5, 0.6) is 0 Å². The van der Waals surface area contributed by atoms with Gasteiger partial charge in [0, 0.05) is 0 Å². The number of carbonyl (C=O) groups is 1. The fourth-order valence-corrected chi connectivity index (χ4v) is 0.416. The third-order valence-corrected chi connectivity index (χ3v) is 1.07. The molecule has 0 aliphatic heterocycles. The molecule has 9 nitrogen and oxygen atoms in total. The molecule has 0 aliphatic carbocycles. The number of aliphatic hydroxyl groups is 4. The highest BCUT2D eigenvalue weighted by molar-refractivity contribution is 7.45. The predicted octanol–water partition coefficient (Wildman–Crippen LogP) is -3.67. The van der Waals surface area contributed by atoms with Gasteiger partial charge < -0.3 is 39.9 Å². The van der Waals surface area contributed by atoms with Crippen LogP contribution in [-0.4, -0.2) is 66.3 Å². The smallest absolute Gasteiger partial charge is 0.394 e. The summed E-state index contributed by atoms with van der Waals surface area (Å²) >= 11 is 0. The molecule has 0 saturated carbocycles. The summed E-state index contributed by atoms with van der Waals surface area (Å²) in [5.74, 6) is 0. The van der Waals surface area contributed by atoms with Crippen molar-refractivity contribution in [3.63, 3.8) is 0 Å². The molecule has 0 heterocycles. The summed E-state index contributed by atoms with van der Waals surface area (Å²) in [7, 11) is -4.64. The molecule has 0 rings (SSSR count). The van der Waals surface area contributed by atoms with Crippen LogP contribution in [0.1, 0.15) is 0 Å². The van der Waals surface area contributed by atoms with Gasteiger partial charge in [0.05, 0.1) is 6.61 Å². The van der Waals surface area contributed by atoms with Crippen LogP contribution in [-0.2, 0) is 9.36 Å². The molecule has 3 atom stereocenters. The van der Waals surface area contributed by atoms with Gasteiger partial charge in [-0.05, 0) is 0 Å². The lowest BCUT2D eigenvalue weighted by molar-refractivity contribution is -0.127. The van der Waals surface area contributed by atoms with Crippen molar-refractivity contribution in [3.05, 3.63) is 0 Å². The van der Waals surface area contributed by atoms with Gasteiger partial charge in [0.1, 0.15) is 18.3 Å². The molecular formula is C5H13O9P. The maximum atomic E-state index is 9.76. The summed E-state index contributed by atoms with van der Waals surface area (Å²) in [5.41, 5.74) is 0. The van der Waals surface area contributed by atoms with Crippen LogP contribution in [0, 0.1) is 0 Å². The molecule has 0 aromatic heterocycles. The van der Waals surface area contributed by atoms with Gasteiger partial charge in [-0.15, -0.1) is 0 Å². The molecular weight excluding hydrogens is 235 g/mol. The molecule has 0 aromatic carbocycles. The topological polar surface area (TPSA) is 176 Å². The Morgan fingerprint density at radius 3 is 1.67 bits per heavy atom. The number of phosphoric acid groups is 1. The molecule has 0 bridgehead atoms. The summed E-state index contributed by atoms with van der Waals surface area (Å²) in [6, 6.07) is 0. The second-order valence-corrected chi connectivity index (χ2v) is 3.41. The zero-order chi connectivity index (χ0) is 12.6. The maximum Gasteiger partial charge on any atom is 0.466 e. The van der Waals surface area contributed by atoms with Crippen LogP contribution < -0.4 is 0 Å². The van der Waals surface area contributed by atoms with E-state index in [0.717, 1.165) is 0 Å². The van der Waals surface area contributed by atoms with Crippen LogP contribution in [0.4, 0.5) is 0 Å². The van der Waals surface area contributed by atoms with Crippen LogP contribution in [0.25, 0.3) is 0 Å². The van der Waals surface area contributed by atoms with Crippen molar-refractivity contribution in [1.29, 1.82) is 0 Å². The lowest BCUT2D eigenvalue weighted by atomic mass is 10.1. The number of hydrogen-bond acceptors (Lipinski definition) is 6. The van der Waals surface area contributed by atoms with Gasteiger partial charge in [0.15, 0.2) is 6.29 Å². The van der Waals surface area contributed by atoms with Crippen molar-refractivity contribution in [2.45, 2.75) is 18.3 Å². The Labute approximate surface area is 84.5 Å². The van der Waals surface area contributed by atoms with E-state index in [4.69, 9.17) is 39.7 Å². The first-order valence-electron chi connectivity index (χ1n) is 3.52. The summed E-state index contributed by atoms with van der Waals surface area (Å²) in [4.78, 5) is 31.3. The fraction of sp³-hybridized carbons (Fsp3) is 0.800. The Bertz CT molecular complexity index is 204. The van der Waals surface area contributed by atoms with Gasteiger partial charge in [-0.3, -0.25) is 0 Å². The van der Waals surface area contributed by atoms with E-state index in [9.17, 15) is 4.79 Å². The maximum absolute atomic E-state index is 9.76. The number of carbonyl (C=O) groups excluding carboxylic acids is 1. The first-order valence-corrected chi connectivity index (χ1v) is 5.08. The molecule has 7 N–H and O–H groups in total. The Hall–Kier alpha value is -0.380. The second-order valence-electron chi connectivity index (χ2n) is 2.38. The summed E-state index contributed by atoms with van der Waals surface area (Å²) in [6.45, 7) is -0.688. The first-order chi connectivity index (χ1) is 6.63. The van der Waals surface area contributed by atoms with Gasteiger partial charge in [-0.1, -0.05) is 0 Å². The van der Waals surface area contributed by atoms with E-state index in [1.54, 1.807) is 0 Å². The first kappa shape index (κ1) is 17.0. The summed E-state index contributed by atoms with van der Waals surface area (Å²) < 4.78 is 8.88. The van der Waals surface area contributed by atoms with E-state index in [1.165, 1.54) is 0 Å². The van der Waals surface area contributed by atoms with Crippen molar-refractivity contribution in [1.82, 2.24) is 0 Å². The van der Waals surface area contributed by atoms with E-state index in [0.29, 0.717) is 0 Å². The summed E-state index contributed by atoms with van der Waals surface area (Å²) in [6.07, 6.45) is -4.63. The molecule has 0 fully saturated rings. The highest BCUT2D eigenvalue weighted by atomic mass is 31.2. The Morgan fingerprint density at radius 2 is 1.47 bits per heavy atom. The van der Waals surface area contributed by atoms with Crippen molar-refractivity contribution >= 4 is 14.1 Å². The van der Waals surface area contributed by atoms with Gasteiger partial charge in [-0.2, -0.15) is 0 Å². The molecule has 0 unspecified atom stereocenters. The minimum atomic E-state index is -4.64. The number of rotatable bonds is 4. The quantitative estimate of drug-likeness (QED) is 0.195. The van der Waals surface area contributed by atoms with Crippen LogP contribution in [0.3, 0.4) is 0 Å². The minimum absolute atomic E-state index is 0.0869. The summed E-state index contributed by atoms with van der Waals surface area (Å²) in [5, 5.41) is 34.1. The SMILES string of the molecule is O=C[C@@H](O)[C@H](O)[C@H](O)CO.O=P(O)(O)O. The van der Waals surface area contributed by atoms with E-state index in [-0.39, 0.29) is 6.29 Å². The van der Waals surface area contributed by atoms with Gasteiger partial charge >= 0.3 is 7.82 Å². The molecule has 0 saturated heterocycles. The van der Waals surface area contributed by atoms with Crippen LogP contribution in [0.15, 0.2) is 0 Å². The molecule has 0 radical (unpaired) electrons. The van der Waals surface area contributed by atoms with Gasteiger partial charge in [-0.25, -0.2) is 4.57 Å². The molecule has 0 amide bonds. The van der Waals surface area contributed by atoms with E-state index in [1.807, 2.05) is 0 Å². The largest absolute Gasteiger partial charge is 0.466 e. The standard InChI is InChI=1S/C5H10O5.H3O4P/c6-1-3(8)5(10)4(9)2-7;1-5(2,3)4/h1,3-5,7-10H,2H2;(H3,1,2,3,4)/t3-,4-,5+;/m1./s1. The third kappa shape index (κ3) is 13.6. The lowest BCUT2D eigenvalue weighted by Gasteiger charge is -2.16. The zero-order valence-electron chi connectivity index (χ0n) is 7.41.